The Morgan fingerprint density at radius 2 is 1.72 bits per heavy atom. The van der Waals surface area contributed by atoms with Crippen LogP contribution in [-0.2, 0) is 14.8 Å². The first-order chi connectivity index (χ1) is 11.9. The first-order valence-electron chi connectivity index (χ1n) is 8.82. The van der Waals surface area contributed by atoms with Gasteiger partial charge in [-0.2, -0.15) is 16.1 Å². The molecule has 1 aliphatic heterocycles. The number of amides is 1. The van der Waals surface area contributed by atoms with E-state index < -0.39 is 10.0 Å². The van der Waals surface area contributed by atoms with Gasteiger partial charge in [0.25, 0.3) is 0 Å². The summed E-state index contributed by atoms with van der Waals surface area (Å²) in [7, 11) is -3.48. The molecule has 0 aromatic heterocycles. The Hall–Kier alpha value is -1.05. The predicted molar refractivity (Wildman–Crippen MR) is 103 cm³/mol. The Labute approximate surface area is 155 Å². The van der Waals surface area contributed by atoms with Crippen LogP contribution in [0.3, 0.4) is 0 Å². The molecule has 1 aromatic rings. The van der Waals surface area contributed by atoms with Gasteiger partial charge < -0.3 is 4.90 Å². The highest BCUT2D eigenvalue weighted by Gasteiger charge is 2.29. The van der Waals surface area contributed by atoms with Crippen LogP contribution < -0.4 is 0 Å². The quantitative estimate of drug-likeness (QED) is 0.678. The number of thioether (sulfide) groups is 1. The van der Waals surface area contributed by atoms with E-state index in [1.165, 1.54) is 4.31 Å². The van der Waals surface area contributed by atoms with Crippen molar-refractivity contribution in [3.63, 3.8) is 0 Å². The van der Waals surface area contributed by atoms with Crippen LogP contribution in [0.4, 0.5) is 0 Å². The molecule has 1 amide bonds. The van der Waals surface area contributed by atoms with Crippen molar-refractivity contribution in [1.29, 1.82) is 0 Å². The van der Waals surface area contributed by atoms with Crippen molar-refractivity contribution in [2.75, 3.05) is 37.7 Å². The Bertz CT molecular complexity index is 664. The molecule has 5 nitrogen and oxygen atoms in total. The molecule has 1 heterocycles. The van der Waals surface area contributed by atoms with E-state index >= 15 is 0 Å². The summed E-state index contributed by atoms with van der Waals surface area (Å²) in [6, 6.07) is 7.12. The van der Waals surface area contributed by atoms with E-state index in [9.17, 15) is 13.2 Å². The molecule has 2 rings (SSSR count). The van der Waals surface area contributed by atoms with Gasteiger partial charge in [0.2, 0.25) is 15.9 Å². The summed E-state index contributed by atoms with van der Waals surface area (Å²) in [4.78, 5) is 14.2. The molecule has 25 heavy (non-hydrogen) atoms. The number of rotatable bonds is 7. The van der Waals surface area contributed by atoms with Gasteiger partial charge in [-0.1, -0.05) is 32.9 Å². The third kappa shape index (κ3) is 5.21. The second kappa shape index (κ2) is 9.05. The minimum Gasteiger partial charge on any atom is -0.339 e. The standard InChI is InChI=1S/C18H28N2O3S2/c1-4-13-24-14-18(21)19-9-11-20(12-10-19)25(22,23)17-7-5-16(6-8-17)15(2)3/h5-8,15H,4,9-14H2,1-3H3. The molecule has 1 aromatic carbocycles. The van der Waals surface area contributed by atoms with Crippen LogP contribution in [0.25, 0.3) is 0 Å². The lowest BCUT2D eigenvalue weighted by atomic mass is 10.0. The molecular formula is C18H28N2O3S2. The smallest absolute Gasteiger partial charge is 0.243 e. The monoisotopic (exact) mass is 384 g/mol. The van der Waals surface area contributed by atoms with Crippen LogP contribution >= 0.6 is 11.8 Å². The van der Waals surface area contributed by atoms with E-state index in [-0.39, 0.29) is 5.91 Å². The highest BCUT2D eigenvalue weighted by atomic mass is 32.2. The summed E-state index contributed by atoms with van der Waals surface area (Å²) in [5.41, 5.74) is 1.12. The fourth-order valence-corrected chi connectivity index (χ4v) is 4.96. The number of nitrogens with zero attached hydrogens (tertiary/aromatic N) is 2. The van der Waals surface area contributed by atoms with Gasteiger partial charge in [0.15, 0.2) is 0 Å². The molecule has 0 unspecified atom stereocenters. The van der Waals surface area contributed by atoms with E-state index in [1.54, 1.807) is 28.8 Å². The van der Waals surface area contributed by atoms with Crippen molar-refractivity contribution < 1.29 is 13.2 Å². The molecule has 0 radical (unpaired) electrons. The van der Waals surface area contributed by atoms with Crippen molar-refractivity contribution in [2.45, 2.75) is 38.0 Å². The van der Waals surface area contributed by atoms with Gasteiger partial charge in [-0.05, 0) is 35.8 Å². The van der Waals surface area contributed by atoms with Gasteiger partial charge in [0.1, 0.15) is 0 Å². The van der Waals surface area contributed by atoms with Crippen molar-refractivity contribution in [1.82, 2.24) is 9.21 Å². The maximum absolute atomic E-state index is 12.8. The molecule has 0 atom stereocenters. The zero-order valence-electron chi connectivity index (χ0n) is 15.3. The molecule has 1 fully saturated rings. The van der Waals surface area contributed by atoms with Gasteiger partial charge in [-0.25, -0.2) is 8.42 Å². The van der Waals surface area contributed by atoms with Gasteiger partial charge in [0.05, 0.1) is 10.6 Å². The highest BCUT2D eigenvalue weighted by Crippen LogP contribution is 2.21. The zero-order valence-corrected chi connectivity index (χ0v) is 16.9. The average Bonchev–Trinajstić information content (AvgIpc) is 2.62. The number of hydrogen-bond acceptors (Lipinski definition) is 4. The largest absolute Gasteiger partial charge is 0.339 e. The molecule has 1 saturated heterocycles. The fraction of sp³-hybridized carbons (Fsp3) is 0.611. The van der Waals surface area contributed by atoms with Crippen molar-refractivity contribution in [3.05, 3.63) is 29.8 Å². The van der Waals surface area contributed by atoms with Crippen molar-refractivity contribution >= 4 is 27.7 Å². The van der Waals surface area contributed by atoms with Gasteiger partial charge in [0, 0.05) is 26.2 Å². The maximum Gasteiger partial charge on any atom is 0.243 e. The Kier molecular flexibility index (Phi) is 7.34. The normalized spacial score (nSPS) is 16.4. The van der Waals surface area contributed by atoms with E-state index in [0.29, 0.717) is 42.7 Å². The van der Waals surface area contributed by atoms with Crippen LogP contribution in [0.5, 0.6) is 0 Å². The van der Waals surface area contributed by atoms with E-state index in [0.717, 1.165) is 17.7 Å². The summed E-state index contributed by atoms with van der Waals surface area (Å²) in [5.74, 6) is 1.94. The number of sulfonamides is 1. The van der Waals surface area contributed by atoms with Crippen molar-refractivity contribution in [3.8, 4) is 0 Å². The average molecular weight is 385 g/mol. The highest BCUT2D eigenvalue weighted by molar-refractivity contribution is 7.99. The van der Waals surface area contributed by atoms with Crippen LogP contribution in [0.1, 0.15) is 38.7 Å². The third-order valence-corrected chi connectivity index (χ3v) is 7.41. The lowest BCUT2D eigenvalue weighted by Crippen LogP contribution is -2.51. The number of hydrogen-bond donors (Lipinski definition) is 0. The fourth-order valence-electron chi connectivity index (χ4n) is 2.75. The molecule has 0 spiro atoms. The zero-order chi connectivity index (χ0) is 18.4. The number of piperazine rings is 1. The third-order valence-electron chi connectivity index (χ3n) is 4.35. The molecule has 7 heteroatoms. The van der Waals surface area contributed by atoms with E-state index in [1.807, 2.05) is 12.1 Å². The maximum atomic E-state index is 12.8. The molecule has 0 N–H and O–H groups in total. The first-order valence-corrected chi connectivity index (χ1v) is 11.4. The van der Waals surface area contributed by atoms with E-state index in [2.05, 4.69) is 20.8 Å². The number of benzene rings is 1. The lowest BCUT2D eigenvalue weighted by molar-refractivity contribution is -0.129. The molecule has 0 saturated carbocycles. The van der Waals surface area contributed by atoms with Crippen LogP contribution in [-0.4, -0.2) is 61.2 Å². The predicted octanol–water partition coefficient (Wildman–Crippen LogP) is 2.79. The number of carbonyl (C=O) groups is 1. The molecule has 0 bridgehead atoms. The molecule has 1 aliphatic rings. The number of carbonyl (C=O) groups excluding carboxylic acids is 1. The van der Waals surface area contributed by atoms with Gasteiger partial charge >= 0.3 is 0 Å². The molecule has 140 valence electrons. The minimum atomic E-state index is -3.48. The van der Waals surface area contributed by atoms with E-state index in [4.69, 9.17) is 0 Å². The summed E-state index contributed by atoms with van der Waals surface area (Å²) in [6.45, 7) is 7.91. The molecular weight excluding hydrogens is 356 g/mol. The summed E-state index contributed by atoms with van der Waals surface area (Å²) in [5, 5.41) is 0. The van der Waals surface area contributed by atoms with Crippen LogP contribution in [0, 0.1) is 0 Å². The topological polar surface area (TPSA) is 57.7 Å². The Balaban J connectivity index is 1.95. The summed E-state index contributed by atoms with van der Waals surface area (Å²) < 4.78 is 27.0. The second-order valence-corrected chi connectivity index (χ2v) is 9.60. The summed E-state index contributed by atoms with van der Waals surface area (Å²) in [6.07, 6.45) is 1.06. The first kappa shape index (κ1) is 20.3. The SMILES string of the molecule is CCCSCC(=O)N1CCN(S(=O)(=O)c2ccc(C(C)C)cc2)CC1. The molecule has 0 aliphatic carbocycles. The van der Waals surface area contributed by atoms with Gasteiger partial charge in [-0.3, -0.25) is 4.79 Å². The van der Waals surface area contributed by atoms with Crippen LogP contribution in [0.15, 0.2) is 29.2 Å². The second-order valence-electron chi connectivity index (χ2n) is 6.56. The van der Waals surface area contributed by atoms with Gasteiger partial charge in [-0.15, -0.1) is 0 Å². The minimum absolute atomic E-state index is 0.108. The van der Waals surface area contributed by atoms with Crippen LogP contribution in [0.2, 0.25) is 0 Å². The lowest BCUT2D eigenvalue weighted by Gasteiger charge is -2.34. The summed E-state index contributed by atoms with van der Waals surface area (Å²) >= 11 is 1.64. The Morgan fingerprint density at radius 1 is 1.12 bits per heavy atom. The Morgan fingerprint density at radius 3 is 2.24 bits per heavy atom. The van der Waals surface area contributed by atoms with Crippen molar-refractivity contribution in [2.24, 2.45) is 0 Å².